The number of hydrogen-bond donors (Lipinski definition) is 2. The van der Waals surface area contributed by atoms with Crippen LogP contribution in [0.3, 0.4) is 0 Å². The van der Waals surface area contributed by atoms with Crippen LogP contribution < -0.4 is 10.6 Å². The first-order valence-corrected chi connectivity index (χ1v) is 10.0. The topological polar surface area (TPSA) is 80.3 Å². The second-order valence-corrected chi connectivity index (χ2v) is 7.38. The van der Waals surface area contributed by atoms with Gasteiger partial charge in [0.25, 0.3) is 11.8 Å². The molecule has 0 bridgehead atoms. The number of aryl methyl sites for hydroxylation is 1. The first kappa shape index (κ1) is 20.7. The molecule has 0 aliphatic rings. The second kappa shape index (κ2) is 9.95. The van der Waals surface area contributed by atoms with E-state index >= 15 is 0 Å². The third-order valence-corrected chi connectivity index (χ3v) is 5.23. The van der Waals surface area contributed by atoms with Gasteiger partial charge < -0.3 is 15.4 Å². The van der Waals surface area contributed by atoms with Crippen LogP contribution in [0.2, 0.25) is 0 Å². The molecule has 150 valence electrons. The SMILES string of the molecule is COCC(Cc1ccccc1)NC(=O)c1c(C)nsc1NC(=O)c1ccccc1. The normalized spacial score (nSPS) is 11.7. The van der Waals surface area contributed by atoms with E-state index in [-0.39, 0.29) is 17.9 Å². The Labute approximate surface area is 174 Å². The minimum atomic E-state index is -0.280. The average molecular weight is 410 g/mol. The molecule has 1 aromatic heterocycles. The Morgan fingerprint density at radius 2 is 1.69 bits per heavy atom. The summed E-state index contributed by atoms with van der Waals surface area (Å²) in [5.74, 6) is -0.557. The van der Waals surface area contributed by atoms with Gasteiger partial charge in [-0.2, -0.15) is 4.37 Å². The first-order chi connectivity index (χ1) is 14.1. The molecule has 2 aromatic carbocycles. The van der Waals surface area contributed by atoms with Crippen LogP contribution in [0, 0.1) is 6.92 Å². The summed E-state index contributed by atoms with van der Waals surface area (Å²) in [7, 11) is 1.60. The highest BCUT2D eigenvalue weighted by Gasteiger charge is 2.23. The Morgan fingerprint density at radius 1 is 1.03 bits per heavy atom. The van der Waals surface area contributed by atoms with Gasteiger partial charge in [0.05, 0.1) is 23.9 Å². The summed E-state index contributed by atoms with van der Waals surface area (Å²) in [4.78, 5) is 25.5. The summed E-state index contributed by atoms with van der Waals surface area (Å²) in [6.45, 7) is 2.13. The van der Waals surface area contributed by atoms with Crippen LogP contribution in [0.15, 0.2) is 60.7 Å². The fourth-order valence-corrected chi connectivity index (χ4v) is 3.79. The number of rotatable bonds is 8. The molecule has 0 spiro atoms. The molecule has 0 saturated carbocycles. The number of methoxy groups -OCH3 is 1. The highest BCUT2D eigenvalue weighted by atomic mass is 32.1. The lowest BCUT2D eigenvalue weighted by Crippen LogP contribution is -2.40. The quantitative estimate of drug-likeness (QED) is 0.595. The van der Waals surface area contributed by atoms with Crippen molar-refractivity contribution >= 4 is 28.3 Å². The highest BCUT2D eigenvalue weighted by molar-refractivity contribution is 7.11. The Kier molecular flexibility index (Phi) is 7.10. The summed E-state index contributed by atoms with van der Waals surface area (Å²) < 4.78 is 9.54. The standard InChI is InChI=1S/C22H23N3O3S/c1-15-19(22(29-25-15)24-20(26)17-11-7-4-8-12-17)21(27)23-18(14-28-2)13-16-9-5-3-6-10-16/h3-12,18H,13-14H2,1-2H3,(H,23,27)(H,24,26). The Balaban J connectivity index is 1.74. The maximum Gasteiger partial charge on any atom is 0.256 e. The summed E-state index contributed by atoms with van der Waals surface area (Å²) in [5.41, 5.74) is 2.58. The Hall–Kier alpha value is -3.03. The lowest BCUT2D eigenvalue weighted by molar-refractivity contribution is 0.0897. The largest absolute Gasteiger partial charge is 0.383 e. The van der Waals surface area contributed by atoms with Gasteiger partial charge in [0, 0.05) is 12.7 Å². The van der Waals surface area contributed by atoms with Gasteiger partial charge in [-0.15, -0.1) is 0 Å². The average Bonchev–Trinajstić information content (AvgIpc) is 3.09. The number of nitrogens with zero attached hydrogens (tertiary/aromatic N) is 1. The fourth-order valence-electron chi connectivity index (χ4n) is 3.00. The summed E-state index contributed by atoms with van der Waals surface area (Å²) >= 11 is 1.10. The number of benzene rings is 2. The zero-order chi connectivity index (χ0) is 20.6. The fraction of sp³-hybridized carbons (Fsp3) is 0.227. The van der Waals surface area contributed by atoms with Crippen molar-refractivity contribution in [3.8, 4) is 0 Å². The molecular weight excluding hydrogens is 386 g/mol. The van der Waals surface area contributed by atoms with Gasteiger partial charge in [0.2, 0.25) is 0 Å². The van der Waals surface area contributed by atoms with Crippen molar-refractivity contribution < 1.29 is 14.3 Å². The molecule has 29 heavy (non-hydrogen) atoms. The first-order valence-electron chi connectivity index (χ1n) is 9.25. The zero-order valence-electron chi connectivity index (χ0n) is 16.3. The van der Waals surface area contributed by atoms with Gasteiger partial charge in [-0.3, -0.25) is 9.59 Å². The molecule has 3 aromatic rings. The summed E-state index contributed by atoms with van der Waals surface area (Å²) in [5, 5.41) is 6.26. The number of anilines is 1. The minimum Gasteiger partial charge on any atom is -0.383 e. The van der Waals surface area contributed by atoms with Crippen molar-refractivity contribution in [2.24, 2.45) is 0 Å². The van der Waals surface area contributed by atoms with Crippen molar-refractivity contribution in [1.82, 2.24) is 9.69 Å². The van der Waals surface area contributed by atoms with Gasteiger partial charge in [-0.1, -0.05) is 48.5 Å². The number of amides is 2. The molecule has 6 nitrogen and oxygen atoms in total. The van der Waals surface area contributed by atoms with E-state index in [1.807, 2.05) is 36.4 Å². The van der Waals surface area contributed by atoms with E-state index in [1.54, 1.807) is 38.3 Å². The summed E-state index contributed by atoms with van der Waals surface area (Å²) in [6.07, 6.45) is 0.642. The summed E-state index contributed by atoms with van der Waals surface area (Å²) in [6, 6.07) is 18.6. The van der Waals surface area contributed by atoms with Crippen molar-refractivity contribution in [2.75, 3.05) is 19.0 Å². The maximum absolute atomic E-state index is 13.0. The van der Waals surface area contributed by atoms with E-state index in [0.717, 1.165) is 17.1 Å². The lowest BCUT2D eigenvalue weighted by Gasteiger charge is -2.18. The molecule has 0 fully saturated rings. The van der Waals surface area contributed by atoms with E-state index < -0.39 is 0 Å². The number of aromatic nitrogens is 1. The van der Waals surface area contributed by atoms with Crippen LogP contribution in [0.1, 0.15) is 32.0 Å². The zero-order valence-corrected chi connectivity index (χ0v) is 17.2. The van der Waals surface area contributed by atoms with Crippen LogP contribution in [-0.2, 0) is 11.2 Å². The third-order valence-electron chi connectivity index (χ3n) is 4.38. The maximum atomic E-state index is 13.0. The minimum absolute atomic E-state index is 0.202. The van der Waals surface area contributed by atoms with Crippen molar-refractivity contribution in [3.63, 3.8) is 0 Å². The number of carbonyl (C=O) groups excluding carboxylic acids is 2. The highest BCUT2D eigenvalue weighted by Crippen LogP contribution is 2.25. The van der Waals surface area contributed by atoms with Crippen LogP contribution >= 0.6 is 11.5 Å². The van der Waals surface area contributed by atoms with Crippen LogP contribution in [0.4, 0.5) is 5.00 Å². The molecule has 0 radical (unpaired) electrons. The predicted octanol–water partition coefficient (Wildman–Crippen LogP) is 3.69. The van der Waals surface area contributed by atoms with Crippen LogP contribution in [-0.4, -0.2) is 35.9 Å². The van der Waals surface area contributed by atoms with Gasteiger partial charge in [-0.25, -0.2) is 0 Å². The molecule has 0 saturated heterocycles. The molecule has 1 atom stereocenters. The monoisotopic (exact) mass is 409 g/mol. The lowest BCUT2D eigenvalue weighted by atomic mass is 10.1. The number of nitrogens with one attached hydrogen (secondary N) is 2. The molecular formula is C22H23N3O3S. The smallest absolute Gasteiger partial charge is 0.256 e. The van der Waals surface area contributed by atoms with E-state index in [0.29, 0.717) is 34.8 Å². The molecule has 0 aliphatic carbocycles. The molecule has 3 rings (SSSR count). The Morgan fingerprint density at radius 3 is 2.34 bits per heavy atom. The van der Waals surface area contributed by atoms with Crippen LogP contribution in [0.5, 0.6) is 0 Å². The van der Waals surface area contributed by atoms with Crippen molar-refractivity contribution in [1.29, 1.82) is 0 Å². The van der Waals surface area contributed by atoms with Crippen molar-refractivity contribution in [3.05, 3.63) is 83.0 Å². The van der Waals surface area contributed by atoms with E-state index in [4.69, 9.17) is 4.74 Å². The van der Waals surface area contributed by atoms with Gasteiger partial charge >= 0.3 is 0 Å². The molecule has 1 unspecified atom stereocenters. The molecule has 7 heteroatoms. The predicted molar refractivity (Wildman–Crippen MR) is 115 cm³/mol. The van der Waals surface area contributed by atoms with Gasteiger partial charge in [0.15, 0.2) is 0 Å². The third kappa shape index (κ3) is 5.49. The van der Waals surface area contributed by atoms with E-state index in [9.17, 15) is 9.59 Å². The molecule has 2 amide bonds. The number of ether oxygens (including phenoxy) is 1. The number of hydrogen-bond acceptors (Lipinski definition) is 5. The van der Waals surface area contributed by atoms with Gasteiger partial charge in [0.1, 0.15) is 5.00 Å². The Bertz CT molecular complexity index is 958. The van der Waals surface area contributed by atoms with Crippen LogP contribution in [0.25, 0.3) is 0 Å². The van der Waals surface area contributed by atoms with Crippen molar-refractivity contribution in [2.45, 2.75) is 19.4 Å². The van der Waals surface area contributed by atoms with E-state index in [2.05, 4.69) is 15.0 Å². The molecule has 1 heterocycles. The molecule has 2 N–H and O–H groups in total. The second-order valence-electron chi connectivity index (χ2n) is 6.61. The van der Waals surface area contributed by atoms with E-state index in [1.165, 1.54) is 0 Å². The molecule has 0 aliphatic heterocycles. The number of carbonyl (C=O) groups is 2. The van der Waals surface area contributed by atoms with Gasteiger partial charge in [-0.05, 0) is 42.6 Å².